The number of carboxylic acids is 1. The van der Waals surface area contributed by atoms with Gasteiger partial charge in [0.15, 0.2) is 0 Å². The number of carboxylic acid groups (broad SMARTS) is 1. The van der Waals surface area contributed by atoms with Gasteiger partial charge in [0.2, 0.25) is 10.0 Å². The SMILES string of the molecule is Cc1cc(NS(=O)(=O)CC2CCCO2)ccc1C(=O)O. The van der Waals surface area contributed by atoms with Crippen LogP contribution in [0.3, 0.4) is 0 Å². The molecule has 0 radical (unpaired) electrons. The minimum absolute atomic E-state index is 0.0767. The van der Waals surface area contributed by atoms with Crippen molar-refractivity contribution >= 4 is 21.7 Å². The molecule has 0 aliphatic carbocycles. The highest BCUT2D eigenvalue weighted by Gasteiger charge is 2.23. The van der Waals surface area contributed by atoms with Gasteiger partial charge in [-0.1, -0.05) is 0 Å². The van der Waals surface area contributed by atoms with Crippen LogP contribution in [0.2, 0.25) is 0 Å². The van der Waals surface area contributed by atoms with Gasteiger partial charge in [0.1, 0.15) is 0 Å². The summed E-state index contributed by atoms with van der Waals surface area (Å²) in [5.41, 5.74) is 1.03. The first-order valence-electron chi connectivity index (χ1n) is 6.33. The molecule has 0 saturated carbocycles. The van der Waals surface area contributed by atoms with Crippen molar-refractivity contribution in [3.8, 4) is 0 Å². The third-order valence-corrected chi connectivity index (χ3v) is 4.52. The molecule has 1 aliphatic heterocycles. The van der Waals surface area contributed by atoms with Crippen molar-refractivity contribution in [3.05, 3.63) is 29.3 Å². The average molecular weight is 299 g/mol. The fourth-order valence-corrected chi connectivity index (χ4v) is 3.53. The Bertz CT molecular complexity index is 605. The van der Waals surface area contributed by atoms with Gasteiger partial charge in [-0.2, -0.15) is 0 Å². The zero-order chi connectivity index (χ0) is 14.8. The van der Waals surface area contributed by atoms with Crippen molar-refractivity contribution in [2.24, 2.45) is 0 Å². The lowest BCUT2D eigenvalue weighted by Gasteiger charge is -2.13. The van der Waals surface area contributed by atoms with Gasteiger partial charge in [-0.15, -0.1) is 0 Å². The highest BCUT2D eigenvalue weighted by Crippen LogP contribution is 2.19. The predicted octanol–water partition coefficient (Wildman–Crippen LogP) is 1.61. The number of nitrogens with one attached hydrogen (secondary N) is 1. The molecule has 1 heterocycles. The van der Waals surface area contributed by atoms with Gasteiger partial charge in [-0.25, -0.2) is 13.2 Å². The Morgan fingerprint density at radius 2 is 2.25 bits per heavy atom. The molecule has 20 heavy (non-hydrogen) atoms. The van der Waals surface area contributed by atoms with Crippen molar-refractivity contribution in [1.29, 1.82) is 0 Å². The Hall–Kier alpha value is -1.60. The first-order chi connectivity index (χ1) is 9.37. The van der Waals surface area contributed by atoms with E-state index >= 15 is 0 Å². The monoisotopic (exact) mass is 299 g/mol. The van der Waals surface area contributed by atoms with Crippen LogP contribution in [-0.4, -0.2) is 38.0 Å². The number of anilines is 1. The fraction of sp³-hybridized carbons (Fsp3) is 0.462. The van der Waals surface area contributed by atoms with Crippen molar-refractivity contribution in [2.45, 2.75) is 25.9 Å². The van der Waals surface area contributed by atoms with Crippen LogP contribution in [0.15, 0.2) is 18.2 Å². The third-order valence-electron chi connectivity index (χ3n) is 3.16. The van der Waals surface area contributed by atoms with E-state index in [4.69, 9.17) is 9.84 Å². The summed E-state index contributed by atoms with van der Waals surface area (Å²) >= 11 is 0. The largest absolute Gasteiger partial charge is 0.478 e. The van der Waals surface area contributed by atoms with Crippen molar-refractivity contribution < 1.29 is 23.1 Å². The molecule has 1 unspecified atom stereocenters. The average Bonchev–Trinajstić information content (AvgIpc) is 2.79. The van der Waals surface area contributed by atoms with Gasteiger partial charge < -0.3 is 9.84 Å². The van der Waals surface area contributed by atoms with Crippen LogP contribution in [0.25, 0.3) is 0 Å². The quantitative estimate of drug-likeness (QED) is 0.861. The highest BCUT2D eigenvalue weighted by atomic mass is 32.2. The number of aryl methyl sites for hydroxylation is 1. The maximum Gasteiger partial charge on any atom is 0.335 e. The maximum absolute atomic E-state index is 12.0. The summed E-state index contributed by atoms with van der Waals surface area (Å²) < 4.78 is 31.7. The van der Waals surface area contributed by atoms with Gasteiger partial charge >= 0.3 is 5.97 Å². The van der Waals surface area contributed by atoms with Crippen LogP contribution in [0.4, 0.5) is 5.69 Å². The van der Waals surface area contributed by atoms with Crippen molar-refractivity contribution in [2.75, 3.05) is 17.1 Å². The summed E-state index contributed by atoms with van der Waals surface area (Å²) in [5.74, 6) is -1.11. The number of sulfonamides is 1. The molecule has 110 valence electrons. The van der Waals surface area contributed by atoms with E-state index in [1.807, 2.05) is 0 Å². The Morgan fingerprint density at radius 1 is 1.50 bits per heavy atom. The van der Waals surface area contributed by atoms with Crippen LogP contribution >= 0.6 is 0 Å². The van der Waals surface area contributed by atoms with Crippen molar-refractivity contribution in [3.63, 3.8) is 0 Å². The van der Waals surface area contributed by atoms with Crippen molar-refractivity contribution in [1.82, 2.24) is 0 Å². The van der Waals surface area contributed by atoms with Crippen LogP contribution < -0.4 is 4.72 Å². The summed E-state index contributed by atoms with van der Waals surface area (Å²) in [4.78, 5) is 10.9. The summed E-state index contributed by atoms with van der Waals surface area (Å²) in [5, 5.41) is 8.92. The zero-order valence-corrected chi connectivity index (χ0v) is 11.9. The van der Waals surface area contributed by atoms with Crippen LogP contribution in [0.1, 0.15) is 28.8 Å². The molecule has 1 aromatic carbocycles. The van der Waals surface area contributed by atoms with Crippen LogP contribution in [0, 0.1) is 6.92 Å². The molecule has 1 saturated heterocycles. The molecular weight excluding hydrogens is 282 g/mol. The number of aromatic carboxylic acids is 1. The molecule has 6 nitrogen and oxygen atoms in total. The minimum Gasteiger partial charge on any atom is -0.478 e. The fourth-order valence-electron chi connectivity index (χ4n) is 2.21. The minimum atomic E-state index is -3.49. The molecule has 1 aromatic rings. The summed E-state index contributed by atoms with van der Waals surface area (Å²) in [6.07, 6.45) is 1.37. The first-order valence-corrected chi connectivity index (χ1v) is 7.99. The van der Waals surface area contributed by atoms with E-state index in [1.54, 1.807) is 6.92 Å². The molecule has 0 amide bonds. The topological polar surface area (TPSA) is 92.7 Å². The zero-order valence-electron chi connectivity index (χ0n) is 11.1. The number of hydrogen-bond acceptors (Lipinski definition) is 4. The molecule has 1 atom stereocenters. The Labute approximate surface area is 117 Å². The normalized spacial score (nSPS) is 18.9. The summed E-state index contributed by atoms with van der Waals surface area (Å²) in [6.45, 7) is 2.23. The number of benzene rings is 1. The number of hydrogen-bond donors (Lipinski definition) is 2. The Balaban J connectivity index is 2.08. The van der Waals surface area contributed by atoms with Gasteiger partial charge in [0.05, 0.1) is 17.4 Å². The molecule has 1 fully saturated rings. The van der Waals surface area contributed by atoms with Crippen LogP contribution in [-0.2, 0) is 14.8 Å². The summed E-state index contributed by atoms with van der Waals surface area (Å²) in [6, 6.07) is 4.35. The first kappa shape index (κ1) is 14.8. The van der Waals surface area contributed by atoms with Crippen LogP contribution in [0.5, 0.6) is 0 Å². The second-order valence-electron chi connectivity index (χ2n) is 4.85. The van der Waals surface area contributed by atoms with E-state index in [2.05, 4.69) is 4.72 Å². The molecule has 0 aromatic heterocycles. The number of ether oxygens (including phenoxy) is 1. The van der Waals surface area contributed by atoms with E-state index in [9.17, 15) is 13.2 Å². The van der Waals surface area contributed by atoms with Gasteiger partial charge in [-0.05, 0) is 43.5 Å². The van der Waals surface area contributed by atoms with E-state index in [1.165, 1.54) is 18.2 Å². The molecule has 0 bridgehead atoms. The summed E-state index contributed by atoms with van der Waals surface area (Å²) in [7, 11) is -3.49. The third kappa shape index (κ3) is 3.71. The maximum atomic E-state index is 12.0. The van der Waals surface area contributed by atoms with E-state index in [0.717, 1.165) is 12.8 Å². The van der Waals surface area contributed by atoms with E-state index in [0.29, 0.717) is 17.9 Å². The number of carbonyl (C=O) groups is 1. The van der Waals surface area contributed by atoms with E-state index in [-0.39, 0.29) is 17.4 Å². The second-order valence-corrected chi connectivity index (χ2v) is 6.62. The lowest BCUT2D eigenvalue weighted by atomic mass is 10.1. The molecule has 0 spiro atoms. The van der Waals surface area contributed by atoms with E-state index < -0.39 is 16.0 Å². The van der Waals surface area contributed by atoms with Gasteiger partial charge in [0, 0.05) is 12.3 Å². The standard InChI is InChI=1S/C13H17NO5S/c1-9-7-10(4-5-12(9)13(15)16)14-20(17,18)8-11-3-2-6-19-11/h4-5,7,11,14H,2-3,6,8H2,1H3,(H,15,16). The molecule has 7 heteroatoms. The highest BCUT2D eigenvalue weighted by molar-refractivity contribution is 7.92. The molecule has 2 rings (SSSR count). The van der Waals surface area contributed by atoms with Gasteiger partial charge in [-0.3, -0.25) is 4.72 Å². The molecule has 2 N–H and O–H groups in total. The molecular formula is C13H17NO5S. The second kappa shape index (κ2) is 5.80. The lowest BCUT2D eigenvalue weighted by molar-refractivity contribution is 0.0696. The smallest absolute Gasteiger partial charge is 0.335 e. The lowest BCUT2D eigenvalue weighted by Crippen LogP contribution is -2.25. The Morgan fingerprint density at radius 3 is 2.80 bits per heavy atom. The predicted molar refractivity (Wildman–Crippen MR) is 74.5 cm³/mol. The number of rotatable bonds is 5. The van der Waals surface area contributed by atoms with Gasteiger partial charge in [0.25, 0.3) is 0 Å². The molecule has 1 aliphatic rings. The Kier molecular flexibility index (Phi) is 4.29.